The molecule has 0 aromatic heterocycles. The highest BCUT2D eigenvalue weighted by Crippen LogP contribution is 2.07. The molecule has 1 aliphatic rings. The van der Waals surface area contributed by atoms with Crippen LogP contribution < -0.4 is 0 Å². The molecule has 1 aliphatic heterocycles. The molecule has 1 amide bonds. The summed E-state index contributed by atoms with van der Waals surface area (Å²) in [5.74, 6) is 0.991. The van der Waals surface area contributed by atoms with Crippen LogP contribution >= 0.6 is 0 Å². The van der Waals surface area contributed by atoms with Crippen LogP contribution in [0.2, 0.25) is 0 Å². The fourth-order valence-electron chi connectivity index (χ4n) is 2.39. The third-order valence-electron chi connectivity index (χ3n) is 3.52. The Kier molecular flexibility index (Phi) is 7.16. The van der Waals surface area contributed by atoms with Crippen LogP contribution in [0.4, 0.5) is 0 Å². The fourth-order valence-corrected chi connectivity index (χ4v) is 2.39. The Hall–Kier alpha value is -0.940. The van der Waals surface area contributed by atoms with Crippen molar-refractivity contribution in [2.24, 2.45) is 5.92 Å². The maximum Gasteiger partial charge on any atom is 0.236 e. The van der Waals surface area contributed by atoms with E-state index in [4.69, 9.17) is 0 Å². The van der Waals surface area contributed by atoms with Crippen LogP contribution in [0.5, 0.6) is 0 Å². The van der Waals surface area contributed by atoms with E-state index < -0.39 is 0 Å². The topological polar surface area (TPSA) is 43.9 Å². The molecular formula is C15H29N3O2. The highest BCUT2D eigenvalue weighted by Gasteiger charge is 2.22. The molecule has 0 N–H and O–H groups in total. The van der Waals surface area contributed by atoms with Crippen molar-refractivity contribution in [3.63, 3.8) is 0 Å². The Morgan fingerprint density at radius 2 is 1.80 bits per heavy atom. The minimum Gasteiger partial charge on any atom is -0.341 e. The first kappa shape index (κ1) is 17.1. The lowest BCUT2D eigenvalue weighted by atomic mass is 10.1. The van der Waals surface area contributed by atoms with Gasteiger partial charge in [-0.15, -0.1) is 0 Å². The number of hydrogen-bond donors (Lipinski definition) is 0. The highest BCUT2D eigenvalue weighted by atomic mass is 16.2. The Bertz CT molecular complexity index is 319. The van der Waals surface area contributed by atoms with E-state index in [1.54, 1.807) is 0 Å². The second kappa shape index (κ2) is 8.37. The van der Waals surface area contributed by atoms with Crippen molar-refractivity contribution in [1.82, 2.24) is 14.7 Å². The summed E-state index contributed by atoms with van der Waals surface area (Å²) in [6.07, 6.45) is 1.04. The van der Waals surface area contributed by atoms with Gasteiger partial charge in [-0.3, -0.25) is 14.5 Å². The second-order valence-electron chi connectivity index (χ2n) is 6.35. The zero-order chi connectivity index (χ0) is 15.1. The molecule has 116 valence electrons. The number of nitrogens with zero attached hydrogens (tertiary/aromatic N) is 3. The van der Waals surface area contributed by atoms with Crippen LogP contribution in [-0.4, -0.2) is 79.8 Å². The van der Waals surface area contributed by atoms with Crippen LogP contribution in [-0.2, 0) is 9.59 Å². The Morgan fingerprint density at radius 1 is 1.20 bits per heavy atom. The van der Waals surface area contributed by atoms with E-state index in [1.807, 2.05) is 19.0 Å². The van der Waals surface area contributed by atoms with Gasteiger partial charge in [0.2, 0.25) is 5.91 Å². The lowest BCUT2D eigenvalue weighted by molar-refractivity contribution is -0.135. The normalized spacial score (nSPS) is 16.6. The summed E-state index contributed by atoms with van der Waals surface area (Å²) < 4.78 is 0. The summed E-state index contributed by atoms with van der Waals surface area (Å²) in [7, 11) is 4.09. The summed E-state index contributed by atoms with van der Waals surface area (Å²) in [5.41, 5.74) is 0. The van der Waals surface area contributed by atoms with Gasteiger partial charge in [0.05, 0.1) is 6.54 Å². The van der Waals surface area contributed by atoms with Gasteiger partial charge in [-0.2, -0.15) is 0 Å². The van der Waals surface area contributed by atoms with Gasteiger partial charge < -0.3 is 9.80 Å². The molecule has 1 heterocycles. The zero-order valence-electron chi connectivity index (χ0n) is 13.4. The van der Waals surface area contributed by atoms with Gasteiger partial charge in [0, 0.05) is 45.6 Å². The number of piperidine rings is 1. The number of Topliss-reactive ketones (excluding diaryl/α,β-unsaturated/α-hetero) is 1. The monoisotopic (exact) mass is 283 g/mol. The number of rotatable bonds is 7. The van der Waals surface area contributed by atoms with Gasteiger partial charge in [-0.25, -0.2) is 0 Å². The molecule has 1 saturated heterocycles. The molecule has 20 heavy (non-hydrogen) atoms. The second-order valence-corrected chi connectivity index (χ2v) is 6.35. The number of hydrogen-bond acceptors (Lipinski definition) is 4. The summed E-state index contributed by atoms with van der Waals surface area (Å²) in [6.45, 7) is 8.82. The highest BCUT2D eigenvalue weighted by molar-refractivity contribution is 5.84. The number of likely N-dealkylation sites (N-methyl/N-ethyl adjacent to an activating group) is 1. The summed E-state index contributed by atoms with van der Waals surface area (Å²) in [6, 6.07) is 0. The Morgan fingerprint density at radius 3 is 2.30 bits per heavy atom. The quantitative estimate of drug-likeness (QED) is 0.690. The third-order valence-corrected chi connectivity index (χ3v) is 3.52. The van der Waals surface area contributed by atoms with Crippen molar-refractivity contribution in [1.29, 1.82) is 0 Å². The molecule has 0 radical (unpaired) electrons. The first-order valence-corrected chi connectivity index (χ1v) is 7.55. The van der Waals surface area contributed by atoms with Crippen LogP contribution in [0.1, 0.15) is 26.7 Å². The van der Waals surface area contributed by atoms with Crippen LogP contribution in [0.3, 0.4) is 0 Å². The van der Waals surface area contributed by atoms with Gasteiger partial charge in [-0.1, -0.05) is 13.8 Å². The van der Waals surface area contributed by atoms with Crippen molar-refractivity contribution < 1.29 is 9.59 Å². The van der Waals surface area contributed by atoms with E-state index in [0.717, 1.165) is 19.6 Å². The van der Waals surface area contributed by atoms with Crippen molar-refractivity contribution in [2.45, 2.75) is 26.7 Å². The van der Waals surface area contributed by atoms with E-state index in [2.05, 4.69) is 23.6 Å². The lowest BCUT2D eigenvalue weighted by Gasteiger charge is -2.30. The molecule has 1 rings (SSSR count). The minimum absolute atomic E-state index is 0.164. The number of ketones is 1. The van der Waals surface area contributed by atoms with Gasteiger partial charge in [0.1, 0.15) is 5.78 Å². The molecule has 5 nitrogen and oxygen atoms in total. The molecule has 0 unspecified atom stereocenters. The van der Waals surface area contributed by atoms with Crippen molar-refractivity contribution in [2.75, 3.05) is 53.4 Å². The molecular weight excluding hydrogens is 254 g/mol. The molecule has 0 atom stereocenters. The molecule has 0 spiro atoms. The molecule has 1 fully saturated rings. The summed E-state index contributed by atoms with van der Waals surface area (Å²) in [4.78, 5) is 29.7. The van der Waals surface area contributed by atoms with Crippen molar-refractivity contribution in [3.8, 4) is 0 Å². The standard InChI is InChI=1S/C15H29N3O2/c1-13(2)11-17(10-9-16(3)4)12-15(20)18-7-5-14(19)6-8-18/h13H,5-12H2,1-4H3. The van der Waals surface area contributed by atoms with Crippen molar-refractivity contribution >= 4 is 11.7 Å². The predicted molar refractivity (Wildman–Crippen MR) is 80.7 cm³/mol. The number of amides is 1. The molecule has 0 aromatic rings. The van der Waals surface area contributed by atoms with Gasteiger partial charge >= 0.3 is 0 Å². The lowest BCUT2D eigenvalue weighted by Crippen LogP contribution is -2.46. The van der Waals surface area contributed by atoms with Crippen molar-refractivity contribution in [3.05, 3.63) is 0 Å². The van der Waals surface area contributed by atoms with Crippen LogP contribution in [0.15, 0.2) is 0 Å². The first-order chi connectivity index (χ1) is 9.38. The van der Waals surface area contributed by atoms with Gasteiger partial charge in [-0.05, 0) is 20.0 Å². The zero-order valence-corrected chi connectivity index (χ0v) is 13.4. The largest absolute Gasteiger partial charge is 0.341 e. The Balaban J connectivity index is 2.45. The van der Waals surface area contributed by atoms with E-state index >= 15 is 0 Å². The maximum atomic E-state index is 12.3. The molecule has 0 saturated carbocycles. The average molecular weight is 283 g/mol. The average Bonchev–Trinajstić information content (AvgIpc) is 2.36. The Labute approximate surface area is 122 Å². The molecule has 0 aromatic carbocycles. The van der Waals surface area contributed by atoms with Gasteiger partial charge in [0.25, 0.3) is 0 Å². The van der Waals surface area contributed by atoms with E-state index in [0.29, 0.717) is 38.4 Å². The first-order valence-electron chi connectivity index (χ1n) is 7.55. The smallest absolute Gasteiger partial charge is 0.236 e. The maximum absolute atomic E-state index is 12.3. The predicted octanol–water partition coefficient (Wildman–Crippen LogP) is 0.698. The van der Waals surface area contributed by atoms with Gasteiger partial charge in [0.15, 0.2) is 0 Å². The number of carbonyl (C=O) groups is 2. The minimum atomic E-state index is 0.164. The number of likely N-dealkylation sites (tertiary alicyclic amines) is 1. The van der Waals surface area contributed by atoms with E-state index in [9.17, 15) is 9.59 Å². The molecule has 0 bridgehead atoms. The molecule has 0 aliphatic carbocycles. The van der Waals surface area contributed by atoms with Crippen LogP contribution in [0, 0.1) is 5.92 Å². The number of carbonyl (C=O) groups excluding carboxylic acids is 2. The van der Waals surface area contributed by atoms with E-state index in [1.165, 1.54) is 0 Å². The summed E-state index contributed by atoms with van der Waals surface area (Å²) in [5, 5.41) is 0. The molecule has 5 heteroatoms. The van der Waals surface area contributed by atoms with E-state index in [-0.39, 0.29) is 11.7 Å². The summed E-state index contributed by atoms with van der Waals surface area (Å²) >= 11 is 0. The third kappa shape index (κ3) is 6.48. The SMILES string of the molecule is CC(C)CN(CCN(C)C)CC(=O)N1CCC(=O)CC1. The fraction of sp³-hybridized carbons (Fsp3) is 0.867. The van der Waals surface area contributed by atoms with Crippen LogP contribution in [0.25, 0.3) is 0 Å².